The van der Waals surface area contributed by atoms with E-state index in [1.54, 1.807) is 12.1 Å². The van der Waals surface area contributed by atoms with E-state index < -0.39 is 17.7 Å². The minimum Gasteiger partial charge on any atom is -0.494 e. The van der Waals surface area contributed by atoms with Gasteiger partial charge in [0.15, 0.2) is 11.6 Å². The molecule has 1 N–H and O–H groups in total. The lowest BCUT2D eigenvalue weighted by atomic mass is 9.91. The van der Waals surface area contributed by atoms with Gasteiger partial charge in [-0.3, -0.25) is 9.69 Å². The van der Waals surface area contributed by atoms with Crippen molar-refractivity contribution >= 4 is 17.6 Å². The van der Waals surface area contributed by atoms with Crippen LogP contribution < -0.4 is 4.74 Å². The van der Waals surface area contributed by atoms with E-state index in [1.165, 1.54) is 13.2 Å². The number of carboxylic acid groups (broad SMARTS) is 1. The third kappa shape index (κ3) is 4.00. The monoisotopic (exact) mass is 377 g/mol. The van der Waals surface area contributed by atoms with Crippen LogP contribution in [0.2, 0.25) is 5.02 Å². The second kappa shape index (κ2) is 8.06. The molecule has 1 saturated heterocycles. The summed E-state index contributed by atoms with van der Waals surface area (Å²) in [6, 6.07) is 12.0. The molecule has 2 atom stereocenters. The van der Waals surface area contributed by atoms with Crippen molar-refractivity contribution in [1.29, 1.82) is 0 Å². The fourth-order valence-electron chi connectivity index (χ4n) is 3.59. The van der Waals surface area contributed by atoms with Gasteiger partial charge in [-0.1, -0.05) is 29.8 Å². The van der Waals surface area contributed by atoms with Gasteiger partial charge in [-0.25, -0.2) is 4.39 Å². The number of benzene rings is 2. The lowest BCUT2D eigenvalue weighted by molar-refractivity contribution is -0.143. The normalized spacial score (nSPS) is 19.1. The third-order valence-electron chi connectivity index (χ3n) is 4.82. The molecule has 1 heterocycles. The van der Waals surface area contributed by atoms with Crippen molar-refractivity contribution in [2.75, 3.05) is 20.2 Å². The quantitative estimate of drug-likeness (QED) is 0.840. The van der Waals surface area contributed by atoms with E-state index in [0.717, 1.165) is 24.1 Å². The Hall–Kier alpha value is -2.11. The highest BCUT2D eigenvalue weighted by atomic mass is 35.5. The van der Waals surface area contributed by atoms with Crippen molar-refractivity contribution in [3.63, 3.8) is 0 Å². The average Bonchev–Trinajstić information content (AvgIpc) is 2.62. The number of piperidine rings is 1. The van der Waals surface area contributed by atoms with E-state index in [1.807, 2.05) is 24.3 Å². The number of hydrogen-bond donors (Lipinski definition) is 1. The molecule has 0 amide bonds. The first kappa shape index (κ1) is 18.7. The van der Waals surface area contributed by atoms with Crippen molar-refractivity contribution in [3.8, 4) is 5.75 Å². The van der Waals surface area contributed by atoms with Gasteiger partial charge in [-0.15, -0.1) is 0 Å². The number of carboxylic acids is 1. The van der Waals surface area contributed by atoms with E-state index in [2.05, 4.69) is 4.90 Å². The fourth-order valence-corrected chi connectivity index (χ4v) is 3.78. The largest absolute Gasteiger partial charge is 0.494 e. The molecule has 2 aromatic rings. The second-order valence-electron chi connectivity index (χ2n) is 6.52. The Bertz CT molecular complexity index is 798. The topological polar surface area (TPSA) is 49.8 Å². The molecule has 138 valence electrons. The van der Waals surface area contributed by atoms with Crippen LogP contribution in [0.4, 0.5) is 4.39 Å². The lowest BCUT2D eigenvalue weighted by Gasteiger charge is -2.37. The van der Waals surface area contributed by atoms with Gasteiger partial charge in [0.2, 0.25) is 0 Å². The number of likely N-dealkylation sites (tertiary alicyclic amines) is 1. The molecule has 0 bridgehead atoms. The molecule has 0 aliphatic carbocycles. The van der Waals surface area contributed by atoms with Gasteiger partial charge < -0.3 is 9.84 Å². The highest BCUT2D eigenvalue weighted by molar-refractivity contribution is 6.30. The highest BCUT2D eigenvalue weighted by Gasteiger charge is 2.31. The smallest absolute Gasteiger partial charge is 0.307 e. The van der Waals surface area contributed by atoms with E-state index in [4.69, 9.17) is 16.3 Å². The summed E-state index contributed by atoms with van der Waals surface area (Å²) in [5.41, 5.74) is 1.66. The van der Waals surface area contributed by atoms with Crippen LogP contribution in [-0.2, 0) is 4.79 Å². The third-order valence-corrected chi connectivity index (χ3v) is 5.06. The lowest BCUT2D eigenvalue weighted by Crippen LogP contribution is -2.41. The van der Waals surface area contributed by atoms with Gasteiger partial charge in [0.1, 0.15) is 0 Å². The van der Waals surface area contributed by atoms with Crippen LogP contribution in [-0.4, -0.2) is 36.2 Å². The molecule has 0 spiro atoms. The predicted octanol–water partition coefficient (Wildman–Crippen LogP) is 4.37. The van der Waals surface area contributed by atoms with Crippen molar-refractivity contribution in [2.24, 2.45) is 5.92 Å². The summed E-state index contributed by atoms with van der Waals surface area (Å²) in [5.74, 6) is -1.47. The Morgan fingerprint density at radius 3 is 2.73 bits per heavy atom. The second-order valence-corrected chi connectivity index (χ2v) is 6.96. The summed E-state index contributed by atoms with van der Waals surface area (Å²) in [6.45, 7) is 1.16. The summed E-state index contributed by atoms with van der Waals surface area (Å²) >= 11 is 6.17. The van der Waals surface area contributed by atoms with Crippen LogP contribution in [0.3, 0.4) is 0 Å². The predicted molar refractivity (Wildman–Crippen MR) is 98.2 cm³/mol. The first-order valence-electron chi connectivity index (χ1n) is 8.55. The number of aliphatic carboxylic acids is 1. The zero-order chi connectivity index (χ0) is 18.7. The first-order valence-corrected chi connectivity index (χ1v) is 8.93. The molecule has 0 aromatic heterocycles. The molecule has 3 rings (SSSR count). The summed E-state index contributed by atoms with van der Waals surface area (Å²) in [7, 11) is 1.43. The Morgan fingerprint density at radius 2 is 2.08 bits per heavy atom. The molecule has 0 saturated carbocycles. The number of nitrogens with zero attached hydrogens (tertiary/aromatic N) is 1. The number of hydrogen-bond acceptors (Lipinski definition) is 3. The summed E-state index contributed by atoms with van der Waals surface area (Å²) in [6.07, 6.45) is 1.44. The molecular formula is C20H21ClFNO3. The van der Waals surface area contributed by atoms with Gasteiger partial charge in [-0.05, 0) is 54.8 Å². The Morgan fingerprint density at radius 1 is 1.31 bits per heavy atom. The minimum absolute atomic E-state index is 0.181. The van der Waals surface area contributed by atoms with Crippen LogP contribution in [0, 0.1) is 11.7 Å². The van der Waals surface area contributed by atoms with Crippen molar-refractivity contribution in [2.45, 2.75) is 18.9 Å². The average molecular weight is 378 g/mol. The van der Waals surface area contributed by atoms with Gasteiger partial charge in [0.25, 0.3) is 0 Å². The van der Waals surface area contributed by atoms with Crippen molar-refractivity contribution in [3.05, 3.63) is 64.4 Å². The minimum atomic E-state index is -0.791. The Labute approximate surface area is 157 Å². The maximum absolute atomic E-state index is 14.3. The van der Waals surface area contributed by atoms with Crippen LogP contribution in [0.5, 0.6) is 5.75 Å². The van der Waals surface area contributed by atoms with Crippen LogP contribution in [0.25, 0.3) is 0 Å². The van der Waals surface area contributed by atoms with E-state index >= 15 is 0 Å². The standard InChI is InChI=1S/C20H21ClFNO3/c1-26-18-8-7-14(11-17(18)22)19(13-4-2-6-16(21)10-13)23-9-3-5-15(12-23)20(24)25/h2,4,6-8,10-11,15,19H,3,5,9,12H2,1H3,(H,24,25). The molecule has 0 radical (unpaired) electrons. The Balaban J connectivity index is 2.02. The molecule has 1 aliphatic heterocycles. The zero-order valence-electron chi connectivity index (χ0n) is 14.5. The molecule has 1 aliphatic rings. The molecule has 4 nitrogen and oxygen atoms in total. The number of carbonyl (C=O) groups is 1. The van der Waals surface area contributed by atoms with Crippen LogP contribution in [0.1, 0.15) is 30.0 Å². The summed E-state index contributed by atoms with van der Waals surface area (Å²) in [5, 5.41) is 10.0. The van der Waals surface area contributed by atoms with Gasteiger partial charge in [0, 0.05) is 11.6 Å². The molecule has 26 heavy (non-hydrogen) atoms. The zero-order valence-corrected chi connectivity index (χ0v) is 15.2. The number of ether oxygens (including phenoxy) is 1. The van der Waals surface area contributed by atoms with Gasteiger partial charge >= 0.3 is 5.97 Å². The number of halogens is 2. The number of methoxy groups -OCH3 is 1. The maximum atomic E-state index is 14.3. The van der Waals surface area contributed by atoms with Gasteiger partial charge in [-0.2, -0.15) is 0 Å². The number of rotatable bonds is 5. The molecule has 6 heteroatoms. The molecule has 1 fully saturated rings. The SMILES string of the molecule is COc1ccc(C(c2cccc(Cl)c2)N2CCCC(C(=O)O)C2)cc1F. The van der Waals surface area contributed by atoms with Crippen LogP contribution >= 0.6 is 11.6 Å². The van der Waals surface area contributed by atoms with Gasteiger partial charge in [0.05, 0.1) is 19.1 Å². The highest BCUT2D eigenvalue weighted by Crippen LogP contribution is 2.35. The molecule has 2 unspecified atom stereocenters. The van der Waals surface area contributed by atoms with E-state index in [9.17, 15) is 14.3 Å². The molecule has 2 aromatic carbocycles. The van der Waals surface area contributed by atoms with E-state index in [-0.39, 0.29) is 11.8 Å². The van der Waals surface area contributed by atoms with Crippen LogP contribution in [0.15, 0.2) is 42.5 Å². The maximum Gasteiger partial charge on any atom is 0.307 e. The van der Waals surface area contributed by atoms with Crippen molar-refractivity contribution < 1.29 is 19.0 Å². The first-order chi connectivity index (χ1) is 12.5. The summed E-state index contributed by atoms with van der Waals surface area (Å²) in [4.78, 5) is 13.6. The Kier molecular flexibility index (Phi) is 5.79. The molecular weight excluding hydrogens is 357 g/mol. The van der Waals surface area contributed by atoms with Crippen molar-refractivity contribution in [1.82, 2.24) is 4.90 Å². The summed E-state index contributed by atoms with van der Waals surface area (Å²) < 4.78 is 19.3. The van der Waals surface area contributed by atoms with E-state index in [0.29, 0.717) is 18.0 Å². The fraction of sp³-hybridized carbons (Fsp3) is 0.350.